The summed E-state index contributed by atoms with van der Waals surface area (Å²) in [4.78, 5) is 19.5. The maximum Gasteiger partial charge on any atom is 0.177 e. The molecule has 26 heavy (non-hydrogen) atoms. The average Bonchev–Trinajstić information content (AvgIpc) is 3.22. The number of benzene rings is 1. The number of fused-ring (bicyclic) bond motifs is 1. The molecule has 0 N–H and O–H groups in total. The van der Waals surface area contributed by atoms with Gasteiger partial charge in [0.25, 0.3) is 0 Å². The van der Waals surface area contributed by atoms with E-state index in [9.17, 15) is 4.79 Å². The fourth-order valence-corrected chi connectivity index (χ4v) is 3.97. The van der Waals surface area contributed by atoms with Crippen molar-refractivity contribution < 1.29 is 4.79 Å². The highest BCUT2D eigenvalue weighted by Gasteiger charge is 2.15. The van der Waals surface area contributed by atoms with E-state index >= 15 is 0 Å². The van der Waals surface area contributed by atoms with Gasteiger partial charge in [0.2, 0.25) is 0 Å². The predicted molar refractivity (Wildman–Crippen MR) is 107 cm³/mol. The zero-order valence-corrected chi connectivity index (χ0v) is 15.9. The van der Waals surface area contributed by atoms with Crippen molar-refractivity contribution in [1.29, 1.82) is 0 Å². The molecule has 0 atom stereocenters. The highest BCUT2D eigenvalue weighted by atomic mass is 32.1. The summed E-state index contributed by atoms with van der Waals surface area (Å²) in [5, 5.41) is 0. The van der Waals surface area contributed by atoms with Gasteiger partial charge in [-0.15, -0.1) is 11.3 Å². The molecule has 0 aliphatic heterocycles. The molecule has 4 heteroatoms. The predicted octanol–water partition coefficient (Wildman–Crippen LogP) is 5.41. The molecule has 3 aromatic heterocycles. The Kier molecular flexibility index (Phi) is 4.21. The molecule has 4 rings (SSSR count). The lowest BCUT2D eigenvalue weighted by Gasteiger charge is -2.04. The van der Waals surface area contributed by atoms with Crippen molar-refractivity contribution >= 4 is 22.8 Å². The van der Waals surface area contributed by atoms with Crippen LogP contribution in [0.3, 0.4) is 0 Å². The fourth-order valence-electron chi connectivity index (χ4n) is 3.16. The fraction of sp³-hybridized carbons (Fsp3) is 0.182. The first-order chi connectivity index (χ1) is 12.5. The van der Waals surface area contributed by atoms with E-state index in [2.05, 4.69) is 43.5 Å². The van der Waals surface area contributed by atoms with Crippen LogP contribution in [0.5, 0.6) is 0 Å². The molecule has 130 valence electrons. The number of hydrogen-bond acceptors (Lipinski definition) is 3. The van der Waals surface area contributed by atoms with E-state index < -0.39 is 0 Å². The molecule has 0 aliphatic carbocycles. The number of Topliss-reactive ketones (excluding diaryl/α,β-unsaturated/α-hetero) is 1. The third-order valence-corrected chi connectivity index (χ3v) is 5.52. The lowest BCUT2D eigenvalue weighted by molar-refractivity contribution is 0.0997. The largest absolute Gasteiger partial charge is 0.306 e. The number of carbonyl (C=O) groups is 1. The number of thiophene rings is 1. The van der Waals surface area contributed by atoms with Crippen molar-refractivity contribution in [3.05, 3.63) is 81.3 Å². The first-order valence-corrected chi connectivity index (χ1v) is 9.46. The van der Waals surface area contributed by atoms with Crippen LogP contribution in [0.15, 0.2) is 54.9 Å². The highest BCUT2D eigenvalue weighted by Crippen LogP contribution is 2.24. The van der Waals surface area contributed by atoms with Gasteiger partial charge in [-0.1, -0.05) is 35.9 Å². The quantitative estimate of drug-likeness (QED) is 0.456. The van der Waals surface area contributed by atoms with Gasteiger partial charge in [-0.2, -0.15) is 0 Å². The van der Waals surface area contributed by atoms with E-state index in [4.69, 9.17) is 4.98 Å². The van der Waals surface area contributed by atoms with Gasteiger partial charge < -0.3 is 4.40 Å². The summed E-state index contributed by atoms with van der Waals surface area (Å²) in [6.07, 6.45) is 4.47. The smallest absolute Gasteiger partial charge is 0.177 e. The lowest BCUT2D eigenvalue weighted by atomic mass is 10.1. The molecule has 4 aromatic rings. The minimum Gasteiger partial charge on any atom is -0.306 e. The molecular formula is C22H20N2OS. The highest BCUT2D eigenvalue weighted by molar-refractivity contribution is 7.14. The second-order valence-electron chi connectivity index (χ2n) is 6.78. The maximum atomic E-state index is 12.7. The Morgan fingerprint density at radius 2 is 1.77 bits per heavy atom. The Labute approximate surface area is 157 Å². The van der Waals surface area contributed by atoms with Gasteiger partial charge in [0.05, 0.1) is 10.6 Å². The summed E-state index contributed by atoms with van der Waals surface area (Å²) in [5.74, 6) is 0.149. The van der Waals surface area contributed by atoms with Crippen LogP contribution in [0, 0.1) is 20.8 Å². The van der Waals surface area contributed by atoms with Crippen LogP contribution >= 0.6 is 11.3 Å². The molecule has 0 radical (unpaired) electrons. The van der Waals surface area contributed by atoms with Crippen LogP contribution in [0.25, 0.3) is 16.9 Å². The molecule has 3 nitrogen and oxygen atoms in total. The second-order valence-corrected chi connectivity index (χ2v) is 8.06. The Morgan fingerprint density at radius 3 is 2.46 bits per heavy atom. The number of pyridine rings is 1. The third-order valence-electron chi connectivity index (χ3n) is 4.48. The van der Waals surface area contributed by atoms with Crippen LogP contribution in [-0.4, -0.2) is 15.2 Å². The van der Waals surface area contributed by atoms with Gasteiger partial charge in [0.15, 0.2) is 5.78 Å². The van der Waals surface area contributed by atoms with Gasteiger partial charge in [-0.05, 0) is 38.5 Å². The van der Waals surface area contributed by atoms with Gasteiger partial charge >= 0.3 is 0 Å². The summed E-state index contributed by atoms with van der Waals surface area (Å²) in [6, 6.07) is 14.3. The van der Waals surface area contributed by atoms with Gasteiger partial charge in [0, 0.05) is 34.8 Å². The molecule has 0 saturated heterocycles. The monoisotopic (exact) mass is 360 g/mol. The zero-order chi connectivity index (χ0) is 18.3. The molecule has 0 spiro atoms. The van der Waals surface area contributed by atoms with Crippen molar-refractivity contribution in [3.63, 3.8) is 0 Å². The molecule has 0 unspecified atom stereocenters. The summed E-state index contributed by atoms with van der Waals surface area (Å²) in [6.45, 7) is 6.15. The lowest BCUT2D eigenvalue weighted by Crippen LogP contribution is -2.04. The van der Waals surface area contributed by atoms with E-state index in [0.717, 1.165) is 37.8 Å². The van der Waals surface area contributed by atoms with Gasteiger partial charge in [-0.3, -0.25) is 4.79 Å². The van der Waals surface area contributed by atoms with Crippen LogP contribution in [0.1, 0.15) is 31.2 Å². The van der Waals surface area contributed by atoms with E-state index in [1.165, 1.54) is 5.56 Å². The Hall–Kier alpha value is -2.72. The zero-order valence-electron chi connectivity index (χ0n) is 15.1. The molecule has 0 amide bonds. The molecule has 0 aliphatic rings. The Balaban J connectivity index is 1.74. The number of aryl methyl sites for hydroxylation is 3. The van der Waals surface area contributed by atoms with Crippen LogP contribution in [0.4, 0.5) is 0 Å². The van der Waals surface area contributed by atoms with Crippen molar-refractivity contribution in [3.8, 4) is 11.3 Å². The molecule has 0 fully saturated rings. The molecule has 0 bridgehead atoms. The first-order valence-electron chi connectivity index (χ1n) is 8.64. The second kappa shape index (κ2) is 6.54. The number of imidazole rings is 1. The topological polar surface area (TPSA) is 34.4 Å². The number of rotatable bonds is 4. The van der Waals surface area contributed by atoms with Crippen molar-refractivity contribution in [1.82, 2.24) is 9.38 Å². The van der Waals surface area contributed by atoms with E-state index in [0.29, 0.717) is 6.42 Å². The van der Waals surface area contributed by atoms with Crippen LogP contribution in [0.2, 0.25) is 0 Å². The number of carbonyl (C=O) groups excluding carboxylic acids is 1. The summed E-state index contributed by atoms with van der Waals surface area (Å²) in [5.41, 5.74) is 6.19. The van der Waals surface area contributed by atoms with E-state index in [-0.39, 0.29) is 5.78 Å². The number of hydrogen-bond donors (Lipinski definition) is 0. The van der Waals surface area contributed by atoms with Crippen LogP contribution < -0.4 is 0 Å². The summed E-state index contributed by atoms with van der Waals surface area (Å²) < 4.78 is 2.03. The number of aromatic nitrogens is 2. The van der Waals surface area contributed by atoms with Gasteiger partial charge in [-0.25, -0.2) is 4.98 Å². The van der Waals surface area contributed by atoms with Crippen molar-refractivity contribution in [2.24, 2.45) is 0 Å². The average molecular weight is 360 g/mol. The van der Waals surface area contributed by atoms with E-state index in [1.54, 1.807) is 11.3 Å². The molecule has 1 aromatic carbocycles. The maximum absolute atomic E-state index is 12.7. The Bertz CT molecular complexity index is 1100. The van der Waals surface area contributed by atoms with Gasteiger partial charge in [0.1, 0.15) is 5.65 Å². The minimum absolute atomic E-state index is 0.149. The number of nitrogens with zero attached hydrogens (tertiary/aromatic N) is 2. The third kappa shape index (κ3) is 3.20. The summed E-state index contributed by atoms with van der Waals surface area (Å²) in [7, 11) is 0. The minimum atomic E-state index is 0.149. The van der Waals surface area contributed by atoms with Crippen molar-refractivity contribution in [2.75, 3.05) is 0 Å². The molecule has 3 heterocycles. The standard InChI is InChI=1S/C22H20N2OS/c1-14-4-7-17(8-5-14)19-13-24-12-15(2)10-18(22(24)23-19)11-20(25)21-9-6-16(3)26-21/h4-10,12-13H,11H2,1-3H3. The van der Waals surface area contributed by atoms with E-state index in [1.807, 2.05) is 36.6 Å². The normalized spacial score (nSPS) is 11.2. The summed E-state index contributed by atoms with van der Waals surface area (Å²) >= 11 is 1.55. The molecule has 0 saturated carbocycles. The van der Waals surface area contributed by atoms with Crippen molar-refractivity contribution in [2.45, 2.75) is 27.2 Å². The Morgan fingerprint density at radius 1 is 1.00 bits per heavy atom. The van der Waals surface area contributed by atoms with Crippen LogP contribution in [-0.2, 0) is 6.42 Å². The number of ketones is 1. The SMILES string of the molecule is Cc1ccc(-c2cn3cc(C)cc(CC(=O)c4ccc(C)s4)c3n2)cc1. The first kappa shape index (κ1) is 16.7. The molecular weight excluding hydrogens is 340 g/mol.